The van der Waals surface area contributed by atoms with Crippen molar-refractivity contribution in [1.82, 2.24) is 15.2 Å². The molecule has 2 aromatic heterocycles. The predicted molar refractivity (Wildman–Crippen MR) is 121 cm³/mol. The van der Waals surface area contributed by atoms with Crippen LogP contribution in [0.1, 0.15) is 42.9 Å². The summed E-state index contributed by atoms with van der Waals surface area (Å²) in [5.74, 6) is 2.13. The molecule has 0 aliphatic carbocycles. The van der Waals surface area contributed by atoms with E-state index in [1.165, 1.54) is 0 Å². The number of nitrogens with zero attached hydrogens (tertiary/aromatic N) is 2. The molecule has 1 aliphatic rings. The lowest BCUT2D eigenvalue weighted by Gasteiger charge is -2.27. The fourth-order valence-electron chi connectivity index (χ4n) is 3.84. The van der Waals surface area contributed by atoms with Crippen molar-refractivity contribution in [3.8, 4) is 11.3 Å². The number of benzene rings is 1. The lowest BCUT2D eigenvalue weighted by Crippen LogP contribution is -2.32. The molecule has 0 spiro atoms. The average molecular weight is 426 g/mol. The lowest BCUT2D eigenvalue weighted by molar-refractivity contribution is 0.253. The number of halogens is 1. The number of rotatable bonds is 5. The van der Waals surface area contributed by atoms with Crippen molar-refractivity contribution in [2.75, 3.05) is 6.54 Å². The van der Waals surface area contributed by atoms with Gasteiger partial charge in [0.05, 0.1) is 11.7 Å². The highest BCUT2D eigenvalue weighted by Crippen LogP contribution is 2.41. The lowest BCUT2D eigenvalue weighted by atomic mass is 10.0. The van der Waals surface area contributed by atoms with Gasteiger partial charge in [0.25, 0.3) is 0 Å². The van der Waals surface area contributed by atoms with Crippen LogP contribution in [0.15, 0.2) is 59.1 Å². The molecular formula is C23H24ClN3OS. The smallest absolute Gasteiger partial charge is 0.170 e. The number of aromatic nitrogens is 1. The maximum atomic E-state index is 6.37. The van der Waals surface area contributed by atoms with Gasteiger partial charge in [0.1, 0.15) is 17.6 Å². The summed E-state index contributed by atoms with van der Waals surface area (Å²) in [6.45, 7) is 7.23. The standard InChI is InChI=1S/C23H24ClN3OS/c1-14(2)13-27-22(21(26-23(27)29)18-9-4-5-12-25-18)20-11-10-19(28-20)16-7-6-8-17(24)15(16)3/h4-12,14,21-22H,13H2,1-3H3,(H,26,29). The third-order valence-electron chi connectivity index (χ3n) is 5.21. The molecule has 4 rings (SSSR count). The van der Waals surface area contributed by atoms with E-state index in [1.54, 1.807) is 0 Å². The maximum absolute atomic E-state index is 6.37. The van der Waals surface area contributed by atoms with Crippen molar-refractivity contribution in [1.29, 1.82) is 0 Å². The number of hydrogen-bond acceptors (Lipinski definition) is 3. The molecule has 0 amide bonds. The molecule has 0 radical (unpaired) electrons. The first-order valence-electron chi connectivity index (χ1n) is 9.79. The van der Waals surface area contributed by atoms with E-state index >= 15 is 0 Å². The van der Waals surface area contributed by atoms with Crippen LogP contribution in [0.5, 0.6) is 0 Å². The number of thiocarbonyl (C=S) groups is 1. The van der Waals surface area contributed by atoms with Crippen molar-refractivity contribution in [3.05, 3.63) is 76.8 Å². The molecule has 4 nitrogen and oxygen atoms in total. The molecule has 0 saturated carbocycles. The Bertz CT molecular complexity index is 1020. The summed E-state index contributed by atoms with van der Waals surface area (Å²) in [6, 6.07) is 15.7. The van der Waals surface area contributed by atoms with Crippen LogP contribution in [0, 0.1) is 12.8 Å². The van der Waals surface area contributed by atoms with Crippen molar-refractivity contribution < 1.29 is 4.42 Å². The van der Waals surface area contributed by atoms with E-state index in [9.17, 15) is 0 Å². The Balaban J connectivity index is 1.75. The SMILES string of the molecule is Cc1c(Cl)cccc1-c1ccc(C2C(c3ccccn3)NC(=S)N2CC(C)C)o1. The highest BCUT2D eigenvalue weighted by atomic mass is 35.5. The van der Waals surface area contributed by atoms with Crippen molar-refractivity contribution >= 4 is 28.9 Å². The molecular weight excluding hydrogens is 402 g/mol. The molecule has 3 heterocycles. The van der Waals surface area contributed by atoms with E-state index in [1.807, 2.05) is 61.7 Å². The minimum atomic E-state index is -0.0677. The second-order valence-electron chi connectivity index (χ2n) is 7.79. The van der Waals surface area contributed by atoms with Crippen LogP contribution in [0.4, 0.5) is 0 Å². The summed E-state index contributed by atoms with van der Waals surface area (Å²) in [4.78, 5) is 6.78. The second-order valence-corrected chi connectivity index (χ2v) is 8.58. The quantitative estimate of drug-likeness (QED) is 0.513. The van der Waals surface area contributed by atoms with E-state index in [0.29, 0.717) is 5.92 Å². The zero-order valence-electron chi connectivity index (χ0n) is 16.7. The van der Waals surface area contributed by atoms with Gasteiger partial charge in [-0.15, -0.1) is 0 Å². The van der Waals surface area contributed by atoms with E-state index in [-0.39, 0.29) is 12.1 Å². The minimum Gasteiger partial charge on any atom is -0.459 e. The number of pyridine rings is 1. The molecule has 1 saturated heterocycles. The van der Waals surface area contributed by atoms with E-state index in [4.69, 9.17) is 28.2 Å². The van der Waals surface area contributed by atoms with E-state index in [2.05, 4.69) is 29.0 Å². The van der Waals surface area contributed by atoms with Gasteiger partial charge in [-0.1, -0.05) is 43.6 Å². The first-order chi connectivity index (χ1) is 14.0. The number of nitrogens with one attached hydrogen (secondary N) is 1. The van der Waals surface area contributed by atoms with Gasteiger partial charge in [-0.2, -0.15) is 0 Å². The topological polar surface area (TPSA) is 41.3 Å². The molecule has 1 N–H and O–H groups in total. The average Bonchev–Trinajstić information content (AvgIpc) is 3.29. The molecule has 6 heteroatoms. The van der Waals surface area contributed by atoms with Crippen LogP contribution in [0.3, 0.4) is 0 Å². The van der Waals surface area contributed by atoms with Gasteiger partial charge in [0.2, 0.25) is 0 Å². The highest BCUT2D eigenvalue weighted by Gasteiger charge is 2.41. The van der Waals surface area contributed by atoms with Crippen LogP contribution in [0.2, 0.25) is 5.02 Å². The van der Waals surface area contributed by atoms with E-state index in [0.717, 1.165) is 45.0 Å². The van der Waals surface area contributed by atoms with Crippen molar-refractivity contribution in [2.24, 2.45) is 5.92 Å². The van der Waals surface area contributed by atoms with Crippen LogP contribution in [0.25, 0.3) is 11.3 Å². The Morgan fingerprint density at radius 1 is 1.17 bits per heavy atom. The zero-order chi connectivity index (χ0) is 20.5. The van der Waals surface area contributed by atoms with Gasteiger partial charge in [-0.05, 0) is 61.0 Å². The molecule has 150 valence electrons. The Morgan fingerprint density at radius 2 is 2.00 bits per heavy atom. The van der Waals surface area contributed by atoms with Crippen LogP contribution >= 0.6 is 23.8 Å². The third kappa shape index (κ3) is 3.89. The number of furan rings is 1. The van der Waals surface area contributed by atoms with Crippen molar-refractivity contribution in [3.63, 3.8) is 0 Å². The molecule has 2 unspecified atom stereocenters. The normalized spacial score (nSPS) is 19.1. The Hall–Kier alpha value is -2.37. The fourth-order valence-corrected chi connectivity index (χ4v) is 4.33. The molecule has 1 aromatic carbocycles. The first-order valence-corrected chi connectivity index (χ1v) is 10.6. The van der Waals surface area contributed by atoms with Crippen molar-refractivity contribution in [2.45, 2.75) is 32.9 Å². The van der Waals surface area contributed by atoms with Gasteiger partial charge in [0, 0.05) is 23.3 Å². The Kier molecular flexibility index (Phi) is 5.61. The summed E-state index contributed by atoms with van der Waals surface area (Å²) in [5, 5.41) is 4.92. The molecule has 1 fully saturated rings. The monoisotopic (exact) mass is 425 g/mol. The zero-order valence-corrected chi connectivity index (χ0v) is 18.3. The number of hydrogen-bond donors (Lipinski definition) is 1. The van der Waals surface area contributed by atoms with Crippen LogP contribution < -0.4 is 5.32 Å². The Labute approximate surface area is 181 Å². The van der Waals surface area contributed by atoms with Gasteiger partial charge in [-0.25, -0.2) is 0 Å². The predicted octanol–water partition coefficient (Wildman–Crippen LogP) is 5.93. The summed E-state index contributed by atoms with van der Waals surface area (Å²) < 4.78 is 6.37. The minimum absolute atomic E-state index is 0.0620. The third-order valence-corrected chi connectivity index (χ3v) is 5.97. The Morgan fingerprint density at radius 3 is 2.72 bits per heavy atom. The summed E-state index contributed by atoms with van der Waals surface area (Å²) in [5.41, 5.74) is 2.96. The second kappa shape index (κ2) is 8.17. The molecule has 29 heavy (non-hydrogen) atoms. The molecule has 0 bridgehead atoms. The highest BCUT2D eigenvalue weighted by molar-refractivity contribution is 7.80. The fraction of sp³-hybridized carbons (Fsp3) is 0.304. The first kappa shape index (κ1) is 19.9. The van der Waals surface area contributed by atoms with Gasteiger partial charge < -0.3 is 14.6 Å². The summed E-state index contributed by atoms with van der Waals surface area (Å²) in [7, 11) is 0. The molecule has 1 aliphatic heterocycles. The van der Waals surface area contributed by atoms with Gasteiger partial charge in [0.15, 0.2) is 5.11 Å². The maximum Gasteiger partial charge on any atom is 0.170 e. The van der Waals surface area contributed by atoms with Gasteiger partial charge >= 0.3 is 0 Å². The summed E-state index contributed by atoms with van der Waals surface area (Å²) >= 11 is 12.0. The van der Waals surface area contributed by atoms with Crippen LogP contribution in [-0.2, 0) is 0 Å². The van der Waals surface area contributed by atoms with E-state index < -0.39 is 0 Å². The van der Waals surface area contributed by atoms with Crippen LogP contribution in [-0.4, -0.2) is 21.5 Å². The largest absolute Gasteiger partial charge is 0.459 e. The van der Waals surface area contributed by atoms with Gasteiger partial charge in [-0.3, -0.25) is 4.98 Å². The molecule has 3 aromatic rings. The molecule has 2 atom stereocenters. The summed E-state index contributed by atoms with van der Waals surface area (Å²) in [6.07, 6.45) is 1.81.